The monoisotopic (exact) mass is 168 g/mol. The average Bonchev–Trinajstić information content (AvgIpc) is 2.13. The lowest BCUT2D eigenvalue weighted by Crippen LogP contribution is -1.52. The van der Waals surface area contributed by atoms with Gasteiger partial charge < -0.3 is 0 Å². The van der Waals surface area contributed by atoms with Gasteiger partial charge in [0.05, 0.1) is 0 Å². The molecule has 0 bridgehead atoms. The molecule has 0 aliphatic carbocycles. The van der Waals surface area contributed by atoms with Crippen molar-refractivity contribution in [2.45, 2.75) is 41.5 Å². The molecule has 0 unspecified atom stereocenters. The molecule has 0 saturated carbocycles. The van der Waals surface area contributed by atoms with E-state index in [9.17, 15) is 0 Å². The fraction of sp³-hybridized carbons (Fsp3) is 0.500. The molecule has 0 radical (unpaired) electrons. The molecular formula is C12H24. The minimum Gasteiger partial charge on any atom is -0.124 e. The highest BCUT2D eigenvalue weighted by Crippen LogP contribution is 1.82. The van der Waals surface area contributed by atoms with Crippen LogP contribution in [0.25, 0.3) is 0 Å². The van der Waals surface area contributed by atoms with Crippen LogP contribution < -0.4 is 0 Å². The zero-order valence-corrected chi connectivity index (χ0v) is 9.52. The predicted molar refractivity (Wildman–Crippen MR) is 62.2 cm³/mol. The molecule has 0 aliphatic rings. The van der Waals surface area contributed by atoms with Gasteiger partial charge >= 0.3 is 0 Å². The lowest BCUT2D eigenvalue weighted by Gasteiger charge is -1.74. The molecule has 0 rings (SSSR count). The van der Waals surface area contributed by atoms with Crippen molar-refractivity contribution >= 4 is 0 Å². The summed E-state index contributed by atoms with van der Waals surface area (Å²) in [4.78, 5) is 0. The quantitative estimate of drug-likeness (QED) is 0.370. The molecule has 0 amide bonds. The highest BCUT2D eigenvalue weighted by molar-refractivity contribution is 4.88. The van der Waals surface area contributed by atoms with Crippen molar-refractivity contribution in [2.75, 3.05) is 0 Å². The van der Waals surface area contributed by atoms with Crippen molar-refractivity contribution < 1.29 is 0 Å². The van der Waals surface area contributed by atoms with Gasteiger partial charge in [0, 0.05) is 0 Å². The highest BCUT2D eigenvalue weighted by Gasteiger charge is 1.60. The molecule has 0 nitrogen and oxygen atoms in total. The first kappa shape index (κ1) is 22.5. The normalized spacial score (nSPS) is 4.67. The Labute approximate surface area is 79.4 Å². The fourth-order valence-electron chi connectivity index (χ4n) is 0. The Bertz CT molecular complexity index is 89.9. The zero-order chi connectivity index (χ0) is 11.0. The maximum atomic E-state index is 4.00. The van der Waals surface area contributed by atoms with Gasteiger partial charge in [0.2, 0.25) is 0 Å². The summed E-state index contributed by atoms with van der Waals surface area (Å²) in [6, 6.07) is 0. The van der Waals surface area contributed by atoms with E-state index in [0.717, 1.165) is 0 Å². The summed E-state index contributed by atoms with van der Waals surface area (Å²) in [7, 11) is 0. The largest absolute Gasteiger partial charge is 0.124 e. The molecule has 0 heterocycles. The number of rotatable bonds is 0. The Hall–Kier alpha value is -0.960. The first-order valence-electron chi connectivity index (χ1n) is 4.18. The Morgan fingerprint density at radius 3 is 1.17 bits per heavy atom. The van der Waals surface area contributed by atoms with E-state index < -0.39 is 0 Å². The maximum absolute atomic E-state index is 4.00. The summed E-state index contributed by atoms with van der Waals surface area (Å²) < 4.78 is 0. The Morgan fingerprint density at radius 1 is 1.08 bits per heavy atom. The van der Waals surface area contributed by atoms with Gasteiger partial charge in [0.25, 0.3) is 0 Å². The summed E-state index contributed by atoms with van der Waals surface area (Å²) in [5.41, 5.74) is 1.38. The second-order valence-electron chi connectivity index (χ2n) is 1.77. The van der Waals surface area contributed by atoms with Crippen LogP contribution in [0, 0.1) is 12.8 Å². The van der Waals surface area contributed by atoms with E-state index in [4.69, 9.17) is 0 Å². The van der Waals surface area contributed by atoms with Crippen molar-refractivity contribution in [2.24, 2.45) is 0 Å². The van der Waals surface area contributed by atoms with Crippen molar-refractivity contribution in [3.63, 3.8) is 0 Å². The Morgan fingerprint density at radius 2 is 1.17 bits per heavy atom. The molecule has 0 aromatic rings. The molecule has 0 fully saturated rings. The second-order valence-corrected chi connectivity index (χ2v) is 1.77. The van der Waals surface area contributed by atoms with Crippen LogP contribution in [0.15, 0.2) is 24.3 Å². The second kappa shape index (κ2) is 50.3. The molecule has 0 spiro atoms. The standard InChI is InChI=1S/C5H10.C3H6.C2H6.C2H2/c1-4-5(2)3;1-3-2;2*1-2/h4H,1-3H3;3H,1H2,2H3;1-2H3;1-2H. The van der Waals surface area contributed by atoms with Gasteiger partial charge in [0.15, 0.2) is 0 Å². The van der Waals surface area contributed by atoms with E-state index in [1.807, 2.05) is 27.7 Å². The summed E-state index contributed by atoms with van der Waals surface area (Å²) in [5, 5.41) is 0. The van der Waals surface area contributed by atoms with E-state index in [1.54, 1.807) is 6.08 Å². The van der Waals surface area contributed by atoms with Crippen molar-refractivity contribution in [1.29, 1.82) is 0 Å². The molecule has 72 valence electrons. The van der Waals surface area contributed by atoms with Gasteiger partial charge in [-0.25, -0.2) is 0 Å². The summed E-state index contributed by atoms with van der Waals surface area (Å²) in [6.07, 6.45) is 11.8. The van der Waals surface area contributed by atoms with Crippen LogP contribution >= 0.6 is 0 Å². The zero-order valence-electron chi connectivity index (χ0n) is 9.52. The molecule has 0 heteroatoms. The molecule has 0 aromatic carbocycles. The van der Waals surface area contributed by atoms with Gasteiger partial charge in [-0.2, -0.15) is 0 Å². The fourth-order valence-corrected chi connectivity index (χ4v) is 0. The van der Waals surface area contributed by atoms with Crippen molar-refractivity contribution in [3.05, 3.63) is 24.3 Å². The molecule has 0 saturated heterocycles. The molecule has 0 atom stereocenters. The maximum Gasteiger partial charge on any atom is -0.0442 e. The van der Waals surface area contributed by atoms with E-state index >= 15 is 0 Å². The lowest BCUT2D eigenvalue weighted by atomic mass is 10.3. The Kier molecular flexibility index (Phi) is 94.1. The highest BCUT2D eigenvalue weighted by atomic mass is 13.7. The van der Waals surface area contributed by atoms with Crippen molar-refractivity contribution in [1.82, 2.24) is 0 Å². The molecule has 0 N–H and O–H groups in total. The van der Waals surface area contributed by atoms with Crippen LogP contribution in [0.1, 0.15) is 41.5 Å². The van der Waals surface area contributed by atoms with Gasteiger partial charge in [-0.05, 0) is 27.7 Å². The minimum atomic E-state index is 1.38. The third-order valence-electron chi connectivity index (χ3n) is 0.577. The smallest absolute Gasteiger partial charge is 0.0442 e. The van der Waals surface area contributed by atoms with Crippen LogP contribution in [-0.2, 0) is 0 Å². The number of hydrogen-bond acceptors (Lipinski definition) is 0. The van der Waals surface area contributed by atoms with Crippen LogP contribution in [0.2, 0.25) is 0 Å². The first-order chi connectivity index (χ1) is 5.68. The Balaban J connectivity index is -0.0000000397. The van der Waals surface area contributed by atoms with Gasteiger partial charge in [0.1, 0.15) is 0 Å². The van der Waals surface area contributed by atoms with Gasteiger partial charge in [-0.1, -0.05) is 31.6 Å². The number of terminal acetylenes is 1. The third-order valence-corrected chi connectivity index (χ3v) is 0.577. The van der Waals surface area contributed by atoms with Crippen LogP contribution in [0.4, 0.5) is 0 Å². The topological polar surface area (TPSA) is 0 Å². The third kappa shape index (κ3) is 540. The molecule has 0 aliphatic heterocycles. The van der Waals surface area contributed by atoms with Gasteiger partial charge in [-0.15, -0.1) is 19.4 Å². The summed E-state index contributed by atoms with van der Waals surface area (Å²) >= 11 is 0. The van der Waals surface area contributed by atoms with E-state index in [1.165, 1.54) is 5.57 Å². The first-order valence-corrected chi connectivity index (χ1v) is 4.18. The summed E-state index contributed by atoms with van der Waals surface area (Å²) in [5.74, 6) is 0. The van der Waals surface area contributed by atoms with Gasteiger partial charge in [-0.3, -0.25) is 0 Å². The average molecular weight is 168 g/mol. The number of allylic oxidation sites excluding steroid dienone is 3. The van der Waals surface area contributed by atoms with E-state index in [-0.39, 0.29) is 0 Å². The van der Waals surface area contributed by atoms with Crippen LogP contribution in [0.5, 0.6) is 0 Å². The number of hydrogen-bond donors (Lipinski definition) is 0. The molecule has 12 heavy (non-hydrogen) atoms. The molecular weight excluding hydrogens is 144 g/mol. The predicted octanol–water partition coefficient (Wildman–Crippen LogP) is 4.44. The summed E-state index contributed by atoms with van der Waals surface area (Å²) in [6.45, 7) is 15.5. The van der Waals surface area contributed by atoms with Crippen LogP contribution in [0.3, 0.4) is 0 Å². The lowest BCUT2D eigenvalue weighted by molar-refractivity contribution is 1.36. The minimum absolute atomic E-state index is 1.38. The SMILES string of the molecule is C#C.C=CC.CC.CC=C(C)C. The van der Waals surface area contributed by atoms with Crippen molar-refractivity contribution in [3.8, 4) is 12.8 Å². The van der Waals surface area contributed by atoms with E-state index in [2.05, 4.69) is 39.3 Å². The van der Waals surface area contributed by atoms with E-state index in [0.29, 0.717) is 0 Å². The van der Waals surface area contributed by atoms with Crippen LogP contribution in [-0.4, -0.2) is 0 Å². The molecule has 0 aromatic heterocycles.